The van der Waals surface area contributed by atoms with E-state index in [4.69, 9.17) is 4.74 Å². The van der Waals surface area contributed by atoms with Gasteiger partial charge in [0.2, 0.25) is 0 Å². The quantitative estimate of drug-likeness (QED) is 0.939. The number of hydrogen-bond acceptors (Lipinski definition) is 3. The Morgan fingerprint density at radius 2 is 1.95 bits per heavy atom. The highest BCUT2D eigenvalue weighted by molar-refractivity contribution is 5.88. The van der Waals surface area contributed by atoms with E-state index in [1.54, 1.807) is 18.3 Å². The van der Waals surface area contributed by atoms with E-state index in [0.717, 1.165) is 18.4 Å². The summed E-state index contributed by atoms with van der Waals surface area (Å²) in [4.78, 5) is 28.2. The summed E-state index contributed by atoms with van der Waals surface area (Å²) in [5.74, 6) is 0. The number of nitrogens with one attached hydrogen (secondary N) is 1. The van der Waals surface area contributed by atoms with Crippen molar-refractivity contribution >= 4 is 11.8 Å². The molecule has 1 fully saturated rings. The van der Waals surface area contributed by atoms with Crippen molar-refractivity contribution in [1.29, 1.82) is 0 Å². The Bertz CT molecular complexity index is 677. The minimum Gasteiger partial charge on any atom is -0.444 e. The lowest BCUT2D eigenvalue weighted by molar-refractivity contribution is 0.146. The van der Waals surface area contributed by atoms with Gasteiger partial charge in [0.05, 0.1) is 0 Å². The highest BCUT2D eigenvalue weighted by Crippen LogP contribution is 2.30. The van der Waals surface area contributed by atoms with Gasteiger partial charge in [0, 0.05) is 12.2 Å². The molecule has 1 aliphatic carbocycles. The maximum absolute atomic E-state index is 12.3. The van der Waals surface area contributed by atoms with Crippen LogP contribution in [0.5, 0.6) is 0 Å². The number of benzene rings is 1. The molecule has 1 saturated carbocycles. The maximum Gasteiger partial charge on any atom is 0.415 e. The van der Waals surface area contributed by atoms with Crippen LogP contribution in [0.3, 0.4) is 0 Å². The molecule has 1 heterocycles. The predicted octanol–water partition coefficient (Wildman–Crippen LogP) is 2.68. The van der Waals surface area contributed by atoms with Gasteiger partial charge in [0.1, 0.15) is 12.3 Å². The van der Waals surface area contributed by atoms with E-state index in [1.807, 2.05) is 30.3 Å². The number of H-pyrrole nitrogens is 1. The Morgan fingerprint density at radius 3 is 2.62 bits per heavy atom. The third-order valence-corrected chi connectivity index (χ3v) is 3.37. The van der Waals surface area contributed by atoms with Crippen LogP contribution < -0.4 is 10.5 Å². The third-order valence-electron chi connectivity index (χ3n) is 3.37. The van der Waals surface area contributed by atoms with Crippen LogP contribution in [-0.2, 0) is 11.3 Å². The molecule has 5 nitrogen and oxygen atoms in total. The summed E-state index contributed by atoms with van der Waals surface area (Å²) in [6.07, 6.45) is 2.87. The van der Waals surface area contributed by atoms with E-state index in [-0.39, 0.29) is 18.2 Å². The molecular formula is C16H16N2O3. The van der Waals surface area contributed by atoms with E-state index in [2.05, 4.69) is 4.98 Å². The molecule has 2 aromatic rings. The van der Waals surface area contributed by atoms with Crippen molar-refractivity contribution in [3.63, 3.8) is 0 Å². The van der Waals surface area contributed by atoms with E-state index < -0.39 is 6.09 Å². The number of aromatic amines is 1. The lowest BCUT2D eigenvalue weighted by Gasteiger charge is -2.20. The summed E-state index contributed by atoms with van der Waals surface area (Å²) >= 11 is 0. The first kappa shape index (κ1) is 13.4. The smallest absolute Gasteiger partial charge is 0.415 e. The standard InChI is InChI=1S/C16H16N2O3/c19-15-14(7-4-10-17-15)18(13-8-9-13)16(20)21-11-12-5-2-1-3-6-12/h1-7,10,13H,8-9,11H2,(H,17,19). The van der Waals surface area contributed by atoms with Crippen LogP contribution in [-0.4, -0.2) is 17.1 Å². The van der Waals surface area contributed by atoms with Gasteiger partial charge in [-0.3, -0.25) is 9.69 Å². The Morgan fingerprint density at radius 1 is 1.19 bits per heavy atom. The molecule has 0 saturated heterocycles. The van der Waals surface area contributed by atoms with Crippen molar-refractivity contribution in [1.82, 2.24) is 4.98 Å². The molecule has 1 aromatic heterocycles. The van der Waals surface area contributed by atoms with Crippen LogP contribution in [0.4, 0.5) is 10.5 Å². The fraction of sp³-hybridized carbons (Fsp3) is 0.250. The van der Waals surface area contributed by atoms with Crippen molar-refractivity contribution in [3.8, 4) is 0 Å². The van der Waals surface area contributed by atoms with Gasteiger partial charge in [-0.15, -0.1) is 0 Å². The average Bonchev–Trinajstić information content (AvgIpc) is 3.33. The summed E-state index contributed by atoms with van der Waals surface area (Å²) in [7, 11) is 0. The van der Waals surface area contributed by atoms with Gasteiger partial charge in [0.15, 0.2) is 0 Å². The van der Waals surface area contributed by atoms with Gasteiger partial charge in [-0.25, -0.2) is 4.79 Å². The van der Waals surface area contributed by atoms with Gasteiger partial charge in [-0.2, -0.15) is 0 Å². The molecule has 0 spiro atoms. The van der Waals surface area contributed by atoms with Crippen molar-refractivity contribution in [2.75, 3.05) is 4.90 Å². The molecule has 21 heavy (non-hydrogen) atoms. The second-order valence-electron chi connectivity index (χ2n) is 5.03. The molecule has 5 heteroatoms. The number of amides is 1. The zero-order valence-electron chi connectivity index (χ0n) is 11.5. The summed E-state index contributed by atoms with van der Waals surface area (Å²) in [5, 5.41) is 0. The van der Waals surface area contributed by atoms with Gasteiger partial charge in [-0.05, 0) is 30.5 Å². The molecule has 0 aliphatic heterocycles. The second-order valence-corrected chi connectivity index (χ2v) is 5.03. The lowest BCUT2D eigenvalue weighted by atomic mass is 10.2. The van der Waals surface area contributed by atoms with Crippen molar-refractivity contribution in [2.45, 2.75) is 25.5 Å². The van der Waals surface area contributed by atoms with Gasteiger partial charge in [-0.1, -0.05) is 30.3 Å². The second kappa shape index (κ2) is 5.83. The molecule has 108 valence electrons. The number of anilines is 1. The number of rotatable bonds is 4. The Kier molecular flexibility index (Phi) is 3.73. The van der Waals surface area contributed by atoms with Crippen molar-refractivity contribution in [2.24, 2.45) is 0 Å². The largest absolute Gasteiger partial charge is 0.444 e. The Balaban J connectivity index is 1.74. The molecule has 1 aliphatic rings. The zero-order chi connectivity index (χ0) is 14.7. The fourth-order valence-electron chi connectivity index (χ4n) is 2.17. The van der Waals surface area contributed by atoms with Crippen LogP contribution in [0, 0.1) is 0 Å². The third kappa shape index (κ3) is 3.13. The first-order valence-corrected chi connectivity index (χ1v) is 6.93. The van der Waals surface area contributed by atoms with Crippen molar-refractivity contribution in [3.05, 3.63) is 64.6 Å². The number of aromatic nitrogens is 1. The minimum atomic E-state index is -0.474. The van der Waals surface area contributed by atoms with Crippen LogP contribution in [0.15, 0.2) is 53.5 Å². The van der Waals surface area contributed by atoms with E-state index in [9.17, 15) is 9.59 Å². The maximum atomic E-state index is 12.3. The number of hydrogen-bond donors (Lipinski definition) is 1. The number of ether oxygens (including phenoxy) is 1. The summed E-state index contributed by atoms with van der Waals surface area (Å²) in [6, 6.07) is 12.9. The molecule has 0 unspecified atom stereocenters. The van der Waals surface area contributed by atoms with E-state index >= 15 is 0 Å². The number of nitrogens with zero attached hydrogens (tertiary/aromatic N) is 1. The molecule has 0 atom stereocenters. The molecule has 1 amide bonds. The number of pyridine rings is 1. The average molecular weight is 284 g/mol. The molecule has 1 aromatic carbocycles. The lowest BCUT2D eigenvalue weighted by Crippen LogP contribution is -2.37. The normalized spacial score (nSPS) is 13.7. The van der Waals surface area contributed by atoms with Crippen LogP contribution >= 0.6 is 0 Å². The zero-order valence-corrected chi connectivity index (χ0v) is 11.5. The fourth-order valence-corrected chi connectivity index (χ4v) is 2.17. The van der Waals surface area contributed by atoms with Crippen LogP contribution in [0.1, 0.15) is 18.4 Å². The molecule has 3 rings (SSSR count). The highest BCUT2D eigenvalue weighted by atomic mass is 16.6. The Labute approximate surface area is 122 Å². The summed E-state index contributed by atoms with van der Waals surface area (Å²) in [6.45, 7) is 0.202. The summed E-state index contributed by atoms with van der Waals surface area (Å²) < 4.78 is 5.34. The first-order valence-electron chi connectivity index (χ1n) is 6.93. The van der Waals surface area contributed by atoms with Crippen molar-refractivity contribution < 1.29 is 9.53 Å². The molecule has 0 radical (unpaired) electrons. The first-order chi connectivity index (χ1) is 10.3. The topological polar surface area (TPSA) is 62.4 Å². The molecular weight excluding hydrogens is 268 g/mol. The van der Waals surface area contributed by atoms with Crippen LogP contribution in [0.25, 0.3) is 0 Å². The summed E-state index contributed by atoms with van der Waals surface area (Å²) in [5.41, 5.74) is 0.989. The van der Waals surface area contributed by atoms with Gasteiger partial charge >= 0.3 is 6.09 Å². The molecule has 1 N–H and O–H groups in total. The number of carbonyl (C=O) groups excluding carboxylic acids is 1. The van der Waals surface area contributed by atoms with Gasteiger partial charge in [0.25, 0.3) is 5.56 Å². The monoisotopic (exact) mass is 284 g/mol. The SMILES string of the molecule is O=C(OCc1ccccc1)N(c1ccc[nH]c1=O)C1CC1. The minimum absolute atomic E-state index is 0.0665. The van der Waals surface area contributed by atoms with E-state index in [0.29, 0.717) is 5.69 Å². The van der Waals surface area contributed by atoms with E-state index in [1.165, 1.54) is 4.90 Å². The number of carbonyl (C=O) groups is 1. The van der Waals surface area contributed by atoms with Gasteiger partial charge < -0.3 is 9.72 Å². The van der Waals surface area contributed by atoms with Crippen LogP contribution in [0.2, 0.25) is 0 Å². The molecule has 0 bridgehead atoms. The predicted molar refractivity (Wildman–Crippen MR) is 79.2 cm³/mol. The highest BCUT2D eigenvalue weighted by Gasteiger charge is 2.36. The Hall–Kier alpha value is -2.56.